The van der Waals surface area contributed by atoms with Gasteiger partial charge < -0.3 is 10.6 Å². The quantitative estimate of drug-likeness (QED) is 0.415. The molecule has 0 aromatic heterocycles. The largest absolute Gasteiger partial charge is 0.369 e. The average Bonchev–Trinajstić information content (AvgIpc) is 2.76. The van der Waals surface area contributed by atoms with E-state index in [4.69, 9.17) is 5.26 Å². The summed E-state index contributed by atoms with van der Waals surface area (Å²) in [5.41, 5.74) is 0. The van der Waals surface area contributed by atoms with Crippen molar-refractivity contribution in [2.24, 2.45) is 16.8 Å². The van der Waals surface area contributed by atoms with Crippen molar-refractivity contribution < 1.29 is 0 Å². The van der Waals surface area contributed by atoms with Crippen LogP contribution in [-0.2, 0) is 0 Å². The zero-order valence-electron chi connectivity index (χ0n) is 9.90. The predicted octanol–water partition coefficient (Wildman–Crippen LogP) is 1.07. The molecule has 2 fully saturated rings. The molecule has 3 unspecified atom stereocenters. The summed E-state index contributed by atoms with van der Waals surface area (Å²) in [6.45, 7) is 5.19. The second-order valence-electron chi connectivity index (χ2n) is 4.97. The minimum atomic E-state index is 0.241. The third-order valence-electron chi connectivity index (χ3n) is 3.44. The molecule has 1 aliphatic carbocycles. The maximum Gasteiger partial charge on any atom is 0.207 e. The van der Waals surface area contributed by atoms with Gasteiger partial charge in [-0.25, -0.2) is 0 Å². The molecule has 2 aliphatic rings. The van der Waals surface area contributed by atoms with Crippen LogP contribution in [-0.4, -0.2) is 24.5 Å². The van der Waals surface area contributed by atoms with Gasteiger partial charge in [0.15, 0.2) is 0 Å². The number of rotatable bonds is 2. The highest BCUT2D eigenvalue weighted by molar-refractivity contribution is 5.89. The van der Waals surface area contributed by atoms with Crippen molar-refractivity contribution in [1.82, 2.24) is 10.6 Å². The van der Waals surface area contributed by atoms with Gasteiger partial charge in [-0.15, -0.1) is 0 Å². The van der Waals surface area contributed by atoms with Crippen molar-refractivity contribution in [3.05, 3.63) is 6.42 Å². The Bertz CT molecular complexity index is 315. The second-order valence-corrected chi connectivity index (χ2v) is 4.97. The minimum Gasteiger partial charge on any atom is -0.369 e. The third-order valence-corrected chi connectivity index (χ3v) is 3.44. The van der Waals surface area contributed by atoms with E-state index in [1.807, 2.05) is 6.19 Å². The van der Waals surface area contributed by atoms with Gasteiger partial charge in [-0.2, -0.15) is 10.3 Å². The van der Waals surface area contributed by atoms with E-state index in [2.05, 4.69) is 35.9 Å². The first-order valence-electron chi connectivity index (χ1n) is 6.00. The Morgan fingerprint density at radius 3 is 3.06 bits per heavy atom. The standard InChI is InChI=1S/C12H19N4/c1-8(2)16-12(15-7-13)11-10-5-3-4-9(10)6-14-11/h3,8-11,14H,4-6H2,1-2H3,(H,15,16). The lowest BCUT2D eigenvalue weighted by molar-refractivity contribution is 0.461. The Kier molecular flexibility index (Phi) is 3.45. The number of nitrogens with one attached hydrogen (secondary N) is 2. The molecule has 4 heteroatoms. The Hall–Kier alpha value is -1.08. The molecular formula is C12H19N4. The van der Waals surface area contributed by atoms with Crippen LogP contribution in [0.4, 0.5) is 0 Å². The molecule has 4 nitrogen and oxygen atoms in total. The van der Waals surface area contributed by atoms with Crippen LogP contribution in [0.25, 0.3) is 0 Å². The summed E-state index contributed by atoms with van der Waals surface area (Å²) in [4.78, 5) is 3.94. The Balaban J connectivity index is 2.09. The SMILES string of the molecule is CC(C)N/C(=N\C#N)C1NCC2C[CH]CC21. The van der Waals surface area contributed by atoms with Crippen LogP contribution in [0, 0.1) is 29.7 Å². The molecule has 0 spiro atoms. The van der Waals surface area contributed by atoms with E-state index in [0.29, 0.717) is 12.0 Å². The Labute approximate surface area is 97.1 Å². The van der Waals surface area contributed by atoms with Crippen molar-refractivity contribution in [3.63, 3.8) is 0 Å². The monoisotopic (exact) mass is 219 g/mol. The van der Waals surface area contributed by atoms with E-state index in [1.54, 1.807) is 0 Å². The lowest BCUT2D eigenvalue weighted by Crippen LogP contribution is -2.46. The molecule has 16 heavy (non-hydrogen) atoms. The van der Waals surface area contributed by atoms with Gasteiger partial charge in [0.2, 0.25) is 6.19 Å². The van der Waals surface area contributed by atoms with Crippen LogP contribution < -0.4 is 10.6 Å². The fourth-order valence-electron chi connectivity index (χ4n) is 2.78. The van der Waals surface area contributed by atoms with Crippen LogP contribution >= 0.6 is 0 Å². The lowest BCUT2D eigenvalue weighted by Gasteiger charge is -2.22. The van der Waals surface area contributed by atoms with Gasteiger partial charge >= 0.3 is 0 Å². The number of fused-ring (bicyclic) bond motifs is 1. The van der Waals surface area contributed by atoms with Crippen LogP contribution in [0.5, 0.6) is 0 Å². The number of nitrogens with zero attached hydrogens (tertiary/aromatic N) is 2. The molecule has 1 aliphatic heterocycles. The maximum absolute atomic E-state index is 8.74. The zero-order valence-corrected chi connectivity index (χ0v) is 9.90. The third kappa shape index (κ3) is 2.19. The molecule has 2 rings (SSSR count). The Morgan fingerprint density at radius 1 is 1.56 bits per heavy atom. The highest BCUT2D eigenvalue weighted by Gasteiger charge is 2.41. The number of nitriles is 1. The van der Waals surface area contributed by atoms with Gasteiger partial charge in [-0.1, -0.05) is 0 Å². The molecule has 1 heterocycles. The number of aliphatic imine (C=N–C) groups is 1. The molecule has 1 saturated carbocycles. The van der Waals surface area contributed by atoms with E-state index in [9.17, 15) is 0 Å². The van der Waals surface area contributed by atoms with Gasteiger partial charge in [-0.3, -0.25) is 0 Å². The summed E-state index contributed by atoms with van der Waals surface area (Å²) < 4.78 is 0. The summed E-state index contributed by atoms with van der Waals surface area (Å²) in [6, 6.07) is 0.559. The molecule has 1 radical (unpaired) electrons. The maximum atomic E-state index is 8.74. The van der Waals surface area contributed by atoms with Crippen LogP contribution in [0.2, 0.25) is 0 Å². The van der Waals surface area contributed by atoms with Crippen LogP contribution in [0.15, 0.2) is 4.99 Å². The molecule has 0 bridgehead atoms. The second kappa shape index (κ2) is 4.84. The van der Waals surface area contributed by atoms with Gasteiger partial charge in [0, 0.05) is 6.04 Å². The van der Waals surface area contributed by atoms with Crippen molar-refractivity contribution in [2.45, 2.75) is 38.8 Å². The summed E-state index contributed by atoms with van der Waals surface area (Å²) in [5, 5.41) is 15.5. The first-order valence-corrected chi connectivity index (χ1v) is 6.00. The zero-order chi connectivity index (χ0) is 11.5. The van der Waals surface area contributed by atoms with E-state index in [1.165, 1.54) is 6.42 Å². The van der Waals surface area contributed by atoms with Crippen LogP contribution in [0.3, 0.4) is 0 Å². The Morgan fingerprint density at radius 2 is 2.38 bits per heavy atom. The van der Waals surface area contributed by atoms with Crippen molar-refractivity contribution in [3.8, 4) is 6.19 Å². The molecule has 0 aromatic rings. The minimum absolute atomic E-state index is 0.241. The van der Waals surface area contributed by atoms with Crippen molar-refractivity contribution >= 4 is 5.84 Å². The molecule has 1 saturated heterocycles. The fourth-order valence-corrected chi connectivity index (χ4v) is 2.78. The fraction of sp³-hybridized carbons (Fsp3) is 0.750. The summed E-state index contributed by atoms with van der Waals surface area (Å²) in [6.07, 6.45) is 6.62. The molecule has 2 N–H and O–H groups in total. The van der Waals surface area contributed by atoms with E-state index >= 15 is 0 Å². The summed E-state index contributed by atoms with van der Waals surface area (Å²) in [7, 11) is 0. The topological polar surface area (TPSA) is 60.2 Å². The highest BCUT2D eigenvalue weighted by Crippen LogP contribution is 2.37. The first-order chi connectivity index (χ1) is 7.72. The van der Waals surface area contributed by atoms with Crippen molar-refractivity contribution in [2.75, 3.05) is 6.54 Å². The molecule has 87 valence electrons. The number of hydrogen-bond acceptors (Lipinski definition) is 3. The molecule has 3 atom stereocenters. The predicted molar refractivity (Wildman–Crippen MR) is 63.6 cm³/mol. The van der Waals surface area contributed by atoms with Gasteiger partial charge in [0.25, 0.3) is 0 Å². The normalized spacial score (nSPS) is 33.9. The van der Waals surface area contributed by atoms with Gasteiger partial charge in [0.05, 0.1) is 6.04 Å². The summed E-state index contributed by atoms with van der Waals surface area (Å²) in [5.74, 6) is 2.18. The smallest absolute Gasteiger partial charge is 0.207 e. The van der Waals surface area contributed by atoms with Gasteiger partial charge in [-0.05, 0) is 51.5 Å². The first kappa shape index (κ1) is 11.4. The average molecular weight is 219 g/mol. The number of hydrogen-bond donors (Lipinski definition) is 2. The molecular weight excluding hydrogens is 200 g/mol. The van der Waals surface area contributed by atoms with Gasteiger partial charge in [0.1, 0.15) is 5.84 Å². The van der Waals surface area contributed by atoms with E-state index in [-0.39, 0.29) is 6.04 Å². The lowest BCUT2D eigenvalue weighted by atomic mass is 9.93. The summed E-state index contributed by atoms with van der Waals surface area (Å²) >= 11 is 0. The molecule has 0 amide bonds. The van der Waals surface area contributed by atoms with E-state index < -0.39 is 0 Å². The molecule has 0 aromatic carbocycles. The highest BCUT2D eigenvalue weighted by atomic mass is 15.1. The van der Waals surface area contributed by atoms with E-state index in [0.717, 1.165) is 24.7 Å². The van der Waals surface area contributed by atoms with Crippen LogP contribution in [0.1, 0.15) is 26.7 Å². The van der Waals surface area contributed by atoms with Crippen molar-refractivity contribution in [1.29, 1.82) is 5.26 Å². The number of amidine groups is 1.